The molecule has 2 amide bonds. The van der Waals surface area contributed by atoms with Crippen molar-refractivity contribution in [1.82, 2.24) is 15.1 Å². The molecule has 17 heteroatoms. The normalized spacial score (nSPS) is 16.8. The molecule has 2 aromatic carbocycles. The molecule has 4 rings (SSSR count). The third-order valence-corrected chi connectivity index (χ3v) is 6.12. The number of aliphatic carboxylic acids is 1. The Kier molecular flexibility index (Phi) is 7.98. The average molecular weight is 583 g/mol. The molecule has 0 spiro atoms. The van der Waals surface area contributed by atoms with Gasteiger partial charge in [0.1, 0.15) is 23.8 Å². The number of hydrogen-bond acceptors (Lipinski definition) is 8. The Morgan fingerprint density at radius 2 is 1.95 bits per heavy atom. The highest BCUT2D eigenvalue weighted by molar-refractivity contribution is 6.07. The molecule has 41 heavy (non-hydrogen) atoms. The maximum atomic E-state index is 15.0. The lowest BCUT2D eigenvalue weighted by atomic mass is 9.87. The summed E-state index contributed by atoms with van der Waals surface area (Å²) in [6.45, 7) is -0.191. The largest absolute Gasteiger partial charge is 0.573 e. The number of benzene rings is 2. The van der Waals surface area contributed by atoms with Gasteiger partial charge in [-0.2, -0.15) is 5.10 Å². The molecule has 0 saturated heterocycles. The van der Waals surface area contributed by atoms with Gasteiger partial charge in [-0.1, -0.05) is 0 Å². The van der Waals surface area contributed by atoms with Crippen molar-refractivity contribution in [1.29, 1.82) is 0 Å². The van der Waals surface area contributed by atoms with Gasteiger partial charge in [0.15, 0.2) is 5.96 Å². The zero-order chi connectivity index (χ0) is 30.1. The number of guanidine groups is 1. The van der Waals surface area contributed by atoms with Crippen LogP contribution in [0.5, 0.6) is 5.75 Å². The zero-order valence-electron chi connectivity index (χ0n) is 20.8. The number of aromatic nitrogens is 2. The van der Waals surface area contributed by atoms with Gasteiger partial charge in [-0.05, 0) is 35.9 Å². The second kappa shape index (κ2) is 11.3. The molecule has 1 aromatic heterocycles. The molecular weight excluding hydrogens is 561 g/mol. The van der Waals surface area contributed by atoms with Gasteiger partial charge in [0, 0.05) is 16.9 Å². The summed E-state index contributed by atoms with van der Waals surface area (Å²) in [4.78, 5) is 40.7. The standard InChI is InChI=1S/C24H22F5N7O5/c25-11-7-32-23(33-8-11)35-17-3-10(21(30)39)4-18-15(17)9-34-36(18)20(22(31)40)14(6-19(37)38)13-5-12(1-2-16(13)26)41-24(27,28)29/h1-5,9,11,14,20H,6-8H2,(H2,30,39)(H2,31,40)(H,37,38)(H2,32,33,35)/t14-,20?/m0/s1. The Hall–Kier alpha value is -4.96. The summed E-state index contributed by atoms with van der Waals surface area (Å²) in [5.41, 5.74) is 10.5. The number of nitrogens with one attached hydrogen (secondary N) is 2. The van der Waals surface area contributed by atoms with E-state index in [0.29, 0.717) is 18.2 Å². The van der Waals surface area contributed by atoms with E-state index in [0.717, 1.165) is 4.68 Å². The van der Waals surface area contributed by atoms with E-state index in [4.69, 9.17) is 11.5 Å². The lowest BCUT2D eigenvalue weighted by Crippen LogP contribution is -2.41. The lowest BCUT2D eigenvalue weighted by molar-refractivity contribution is -0.274. The number of ether oxygens (including phenoxy) is 1. The highest BCUT2D eigenvalue weighted by Crippen LogP contribution is 2.38. The van der Waals surface area contributed by atoms with E-state index in [2.05, 4.69) is 25.5 Å². The molecule has 0 radical (unpaired) electrons. The molecular formula is C24H22F5N7O5. The fourth-order valence-electron chi connectivity index (χ4n) is 4.41. The molecule has 1 aliphatic rings. The first-order chi connectivity index (χ1) is 19.2. The Morgan fingerprint density at radius 1 is 1.22 bits per heavy atom. The van der Waals surface area contributed by atoms with Crippen molar-refractivity contribution < 1.29 is 46.2 Å². The highest BCUT2D eigenvalue weighted by Gasteiger charge is 2.37. The van der Waals surface area contributed by atoms with Crippen LogP contribution in [0.3, 0.4) is 0 Å². The SMILES string of the molecule is NC(=O)c1cc(NC2=NCC(F)CN2)c2cnn(C(C(N)=O)[C@@H](CC(=O)O)c3cc(OC(F)(F)F)ccc3F)c2c1. The van der Waals surface area contributed by atoms with Crippen LogP contribution in [0.15, 0.2) is 41.5 Å². The molecule has 12 nitrogen and oxygen atoms in total. The van der Waals surface area contributed by atoms with E-state index in [1.807, 2.05) is 0 Å². The van der Waals surface area contributed by atoms with E-state index >= 15 is 0 Å². The Bertz CT molecular complexity index is 1540. The topological polar surface area (TPSA) is 187 Å². The van der Waals surface area contributed by atoms with Crippen molar-refractivity contribution in [2.45, 2.75) is 30.9 Å². The minimum absolute atomic E-state index is 0.00544. The maximum Gasteiger partial charge on any atom is 0.573 e. The summed E-state index contributed by atoms with van der Waals surface area (Å²) < 4.78 is 71.7. The van der Waals surface area contributed by atoms with Crippen LogP contribution >= 0.6 is 0 Å². The quantitative estimate of drug-likeness (QED) is 0.237. The number of carboxylic acids is 1. The van der Waals surface area contributed by atoms with Gasteiger partial charge in [-0.3, -0.25) is 19.1 Å². The Morgan fingerprint density at radius 3 is 2.54 bits per heavy atom. The number of anilines is 1. The van der Waals surface area contributed by atoms with Crippen LogP contribution in [-0.4, -0.2) is 64.3 Å². The lowest BCUT2D eigenvalue weighted by Gasteiger charge is -2.26. The number of aliphatic imine (C=N–C) groups is 1. The molecule has 0 aliphatic carbocycles. The van der Waals surface area contributed by atoms with Gasteiger partial charge in [0.2, 0.25) is 11.8 Å². The van der Waals surface area contributed by atoms with Crippen molar-refractivity contribution >= 4 is 40.3 Å². The molecule has 3 atom stereocenters. The van der Waals surface area contributed by atoms with E-state index in [1.165, 1.54) is 18.3 Å². The summed E-state index contributed by atoms with van der Waals surface area (Å²) in [5, 5.41) is 19.5. The van der Waals surface area contributed by atoms with E-state index in [-0.39, 0.29) is 41.2 Å². The number of hydrogen-bond donors (Lipinski definition) is 5. The van der Waals surface area contributed by atoms with Crippen molar-refractivity contribution in [2.24, 2.45) is 16.5 Å². The van der Waals surface area contributed by atoms with Crippen molar-refractivity contribution in [3.63, 3.8) is 0 Å². The van der Waals surface area contributed by atoms with Crippen LogP contribution in [0.4, 0.5) is 27.6 Å². The highest BCUT2D eigenvalue weighted by atomic mass is 19.4. The predicted octanol–water partition coefficient (Wildman–Crippen LogP) is 2.17. The first kappa shape index (κ1) is 29.0. The van der Waals surface area contributed by atoms with Gasteiger partial charge in [-0.15, -0.1) is 13.2 Å². The van der Waals surface area contributed by atoms with E-state index < -0.39 is 65.8 Å². The molecule has 7 N–H and O–H groups in total. The van der Waals surface area contributed by atoms with Crippen molar-refractivity contribution in [2.75, 3.05) is 18.4 Å². The second-order valence-corrected chi connectivity index (χ2v) is 8.99. The number of rotatable bonds is 9. The number of carboxylic acid groups (broad SMARTS) is 1. The number of nitrogens with zero attached hydrogens (tertiary/aromatic N) is 3. The first-order valence-corrected chi connectivity index (χ1v) is 11.8. The molecule has 2 unspecified atom stereocenters. The number of carbonyl (C=O) groups is 3. The van der Waals surface area contributed by atoms with Gasteiger partial charge in [0.05, 0.1) is 36.9 Å². The van der Waals surface area contributed by atoms with E-state index in [9.17, 15) is 41.4 Å². The fraction of sp³-hybridized carbons (Fsp3) is 0.292. The minimum atomic E-state index is -5.14. The number of nitrogens with two attached hydrogens (primary N) is 2. The fourth-order valence-corrected chi connectivity index (χ4v) is 4.41. The minimum Gasteiger partial charge on any atom is -0.481 e. The number of primary amides is 2. The summed E-state index contributed by atoms with van der Waals surface area (Å²) in [5.74, 6) is -7.21. The number of amides is 2. The number of halogens is 5. The summed E-state index contributed by atoms with van der Waals surface area (Å²) in [7, 11) is 0. The van der Waals surface area contributed by atoms with Crippen molar-refractivity contribution in [3.05, 3.63) is 53.5 Å². The number of fused-ring (bicyclic) bond motifs is 1. The monoisotopic (exact) mass is 583 g/mol. The van der Waals surface area contributed by atoms with Crippen LogP contribution in [0, 0.1) is 5.82 Å². The smallest absolute Gasteiger partial charge is 0.481 e. The van der Waals surface area contributed by atoms with Crippen LogP contribution in [-0.2, 0) is 9.59 Å². The molecule has 0 bridgehead atoms. The average Bonchev–Trinajstić information content (AvgIpc) is 3.28. The van der Waals surface area contributed by atoms with Crippen LogP contribution in [0.1, 0.15) is 34.3 Å². The van der Waals surface area contributed by atoms with Crippen LogP contribution in [0.25, 0.3) is 10.9 Å². The van der Waals surface area contributed by atoms with Gasteiger partial charge in [0.25, 0.3) is 0 Å². The van der Waals surface area contributed by atoms with Gasteiger partial charge < -0.3 is 31.9 Å². The van der Waals surface area contributed by atoms with Crippen LogP contribution < -0.4 is 26.8 Å². The summed E-state index contributed by atoms with van der Waals surface area (Å²) in [6.07, 6.45) is -6.11. The summed E-state index contributed by atoms with van der Waals surface area (Å²) >= 11 is 0. The Labute approximate surface area is 227 Å². The van der Waals surface area contributed by atoms with Crippen LogP contribution in [0.2, 0.25) is 0 Å². The predicted molar refractivity (Wildman–Crippen MR) is 133 cm³/mol. The molecule has 1 aliphatic heterocycles. The van der Waals surface area contributed by atoms with Gasteiger partial charge >= 0.3 is 12.3 Å². The molecule has 0 saturated carbocycles. The molecule has 218 valence electrons. The third kappa shape index (κ3) is 6.62. The number of carbonyl (C=O) groups excluding carboxylic acids is 2. The maximum absolute atomic E-state index is 15.0. The zero-order valence-corrected chi connectivity index (χ0v) is 20.8. The molecule has 2 heterocycles. The van der Waals surface area contributed by atoms with Gasteiger partial charge in [-0.25, -0.2) is 13.8 Å². The first-order valence-electron chi connectivity index (χ1n) is 11.8. The second-order valence-electron chi connectivity index (χ2n) is 8.99. The third-order valence-electron chi connectivity index (χ3n) is 6.12. The number of alkyl halides is 4. The Balaban J connectivity index is 1.87. The summed E-state index contributed by atoms with van der Waals surface area (Å²) in [6, 6.07) is 2.68. The van der Waals surface area contributed by atoms with Crippen molar-refractivity contribution in [3.8, 4) is 5.75 Å². The molecule has 3 aromatic rings. The molecule has 0 fully saturated rings. The van der Waals surface area contributed by atoms with E-state index in [1.54, 1.807) is 0 Å².